The van der Waals surface area contributed by atoms with Gasteiger partial charge in [-0.15, -0.1) is 0 Å². The third-order valence-corrected chi connectivity index (χ3v) is 3.55. The maximum atomic E-state index is 11.8. The Bertz CT molecular complexity index is 603. The van der Waals surface area contributed by atoms with Crippen molar-refractivity contribution in [2.45, 2.75) is 40.0 Å². The fourth-order valence-electron chi connectivity index (χ4n) is 2.18. The quantitative estimate of drug-likeness (QED) is 0.847. The van der Waals surface area contributed by atoms with Crippen LogP contribution in [-0.2, 0) is 11.2 Å². The molecule has 0 aliphatic rings. The second kappa shape index (κ2) is 7.78. The van der Waals surface area contributed by atoms with E-state index in [1.807, 2.05) is 37.3 Å². The lowest BCUT2D eigenvalue weighted by Gasteiger charge is -2.06. The monoisotopic (exact) mass is 300 g/mol. The Morgan fingerprint density at radius 1 is 1.27 bits per heavy atom. The molecule has 1 heterocycles. The van der Waals surface area contributed by atoms with Gasteiger partial charge in [-0.1, -0.05) is 32.0 Å². The van der Waals surface area contributed by atoms with Crippen LogP contribution in [0.3, 0.4) is 0 Å². The van der Waals surface area contributed by atoms with Crippen molar-refractivity contribution >= 4 is 5.91 Å². The van der Waals surface area contributed by atoms with Crippen LogP contribution in [0.2, 0.25) is 0 Å². The van der Waals surface area contributed by atoms with Gasteiger partial charge in [-0.2, -0.15) is 0 Å². The van der Waals surface area contributed by atoms with Crippen molar-refractivity contribution in [1.82, 2.24) is 10.3 Å². The number of hydrogen-bond donors (Lipinski definition) is 1. The number of oxazole rings is 1. The number of rotatable bonds is 7. The first-order valence-corrected chi connectivity index (χ1v) is 7.84. The third-order valence-electron chi connectivity index (χ3n) is 3.55. The van der Waals surface area contributed by atoms with Gasteiger partial charge in [0.25, 0.3) is 0 Å². The Balaban J connectivity index is 1.88. The second-order valence-electron chi connectivity index (χ2n) is 5.92. The first-order valence-electron chi connectivity index (χ1n) is 7.84. The van der Waals surface area contributed by atoms with E-state index in [9.17, 15) is 4.79 Å². The predicted molar refractivity (Wildman–Crippen MR) is 87.5 cm³/mol. The van der Waals surface area contributed by atoms with Gasteiger partial charge in [0, 0.05) is 24.9 Å². The van der Waals surface area contributed by atoms with Crippen LogP contribution in [0.1, 0.15) is 38.1 Å². The molecule has 22 heavy (non-hydrogen) atoms. The van der Waals surface area contributed by atoms with Crippen LogP contribution in [0.5, 0.6) is 0 Å². The molecule has 2 aromatic rings. The van der Waals surface area contributed by atoms with Crippen LogP contribution in [0, 0.1) is 12.8 Å². The van der Waals surface area contributed by atoms with Crippen LogP contribution in [-0.4, -0.2) is 17.4 Å². The topological polar surface area (TPSA) is 55.1 Å². The van der Waals surface area contributed by atoms with Crippen LogP contribution in [0.4, 0.5) is 0 Å². The molecule has 0 aliphatic carbocycles. The van der Waals surface area contributed by atoms with Gasteiger partial charge in [0.1, 0.15) is 5.76 Å². The maximum Gasteiger partial charge on any atom is 0.226 e. The highest BCUT2D eigenvalue weighted by molar-refractivity contribution is 5.76. The summed E-state index contributed by atoms with van der Waals surface area (Å²) >= 11 is 0. The first kappa shape index (κ1) is 16.3. The number of aromatic nitrogens is 1. The number of carbonyl (C=O) groups excluding carboxylic acids is 1. The van der Waals surface area contributed by atoms with Gasteiger partial charge in [-0.3, -0.25) is 4.79 Å². The molecule has 0 radical (unpaired) electrons. The highest BCUT2D eigenvalue weighted by Gasteiger charge is 2.12. The van der Waals surface area contributed by atoms with Crippen LogP contribution in [0.25, 0.3) is 11.5 Å². The van der Waals surface area contributed by atoms with E-state index >= 15 is 0 Å². The predicted octanol–water partition coefficient (Wildman–Crippen LogP) is 3.74. The molecular formula is C18H24N2O2. The Hall–Kier alpha value is -2.10. The molecule has 2 rings (SSSR count). The van der Waals surface area contributed by atoms with Crippen LogP contribution >= 0.6 is 0 Å². The zero-order chi connectivity index (χ0) is 15.9. The van der Waals surface area contributed by atoms with Crippen molar-refractivity contribution < 1.29 is 9.21 Å². The Kier molecular flexibility index (Phi) is 5.75. The smallest absolute Gasteiger partial charge is 0.226 e. The summed E-state index contributed by atoms with van der Waals surface area (Å²) in [4.78, 5) is 16.3. The highest BCUT2D eigenvalue weighted by Crippen LogP contribution is 2.22. The van der Waals surface area contributed by atoms with Gasteiger partial charge < -0.3 is 9.73 Å². The van der Waals surface area contributed by atoms with Crippen molar-refractivity contribution in [3.05, 3.63) is 41.8 Å². The SMILES string of the molecule is Cc1oc(-c2ccccc2)nc1CCC(=O)NCCC(C)C. The van der Waals surface area contributed by atoms with Crippen molar-refractivity contribution in [2.24, 2.45) is 5.92 Å². The number of amides is 1. The van der Waals surface area contributed by atoms with Gasteiger partial charge >= 0.3 is 0 Å². The van der Waals surface area contributed by atoms with E-state index in [0.29, 0.717) is 24.7 Å². The molecule has 0 bridgehead atoms. The summed E-state index contributed by atoms with van der Waals surface area (Å²) < 4.78 is 5.70. The molecule has 0 spiro atoms. The van der Waals surface area contributed by atoms with E-state index in [1.54, 1.807) is 0 Å². The number of hydrogen-bond acceptors (Lipinski definition) is 3. The molecule has 4 nitrogen and oxygen atoms in total. The number of aryl methyl sites for hydroxylation is 2. The minimum Gasteiger partial charge on any atom is -0.441 e. The summed E-state index contributed by atoms with van der Waals surface area (Å²) in [6.07, 6.45) is 2.06. The number of carbonyl (C=O) groups is 1. The van der Waals surface area contributed by atoms with E-state index in [1.165, 1.54) is 0 Å². The maximum absolute atomic E-state index is 11.8. The van der Waals surface area contributed by atoms with E-state index in [4.69, 9.17) is 4.42 Å². The van der Waals surface area contributed by atoms with E-state index in [0.717, 1.165) is 30.0 Å². The van der Waals surface area contributed by atoms with Crippen molar-refractivity contribution in [3.63, 3.8) is 0 Å². The lowest BCUT2D eigenvalue weighted by atomic mass is 10.1. The molecule has 1 N–H and O–H groups in total. The normalized spacial score (nSPS) is 10.9. The number of nitrogens with one attached hydrogen (secondary N) is 1. The van der Waals surface area contributed by atoms with Gasteiger partial charge in [0.05, 0.1) is 5.69 Å². The Morgan fingerprint density at radius 3 is 2.68 bits per heavy atom. The number of benzene rings is 1. The van der Waals surface area contributed by atoms with Crippen LogP contribution < -0.4 is 5.32 Å². The molecule has 0 unspecified atom stereocenters. The molecular weight excluding hydrogens is 276 g/mol. The summed E-state index contributed by atoms with van der Waals surface area (Å²) in [5, 5.41) is 2.94. The summed E-state index contributed by atoms with van der Waals surface area (Å²) in [5.41, 5.74) is 1.82. The van der Waals surface area contributed by atoms with E-state index in [2.05, 4.69) is 24.1 Å². The Labute approximate surface area is 131 Å². The summed E-state index contributed by atoms with van der Waals surface area (Å²) in [6, 6.07) is 9.80. The minimum absolute atomic E-state index is 0.0734. The highest BCUT2D eigenvalue weighted by atomic mass is 16.4. The molecule has 1 aromatic carbocycles. The number of nitrogens with zero attached hydrogens (tertiary/aromatic N) is 1. The molecule has 0 fully saturated rings. The fourth-order valence-corrected chi connectivity index (χ4v) is 2.18. The summed E-state index contributed by atoms with van der Waals surface area (Å²) in [7, 11) is 0. The molecule has 118 valence electrons. The second-order valence-corrected chi connectivity index (χ2v) is 5.92. The third kappa shape index (κ3) is 4.72. The standard InChI is InChI=1S/C18H24N2O2/c1-13(2)11-12-19-17(21)10-9-16-14(3)22-18(20-16)15-7-5-4-6-8-15/h4-8,13H,9-12H2,1-3H3,(H,19,21). The fraction of sp³-hybridized carbons (Fsp3) is 0.444. The Morgan fingerprint density at radius 2 is 2.00 bits per heavy atom. The largest absolute Gasteiger partial charge is 0.441 e. The molecule has 0 saturated heterocycles. The minimum atomic E-state index is 0.0734. The lowest BCUT2D eigenvalue weighted by Crippen LogP contribution is -2.25. The van der Waals surface area contributed by atoms with E-state index < -0.39 is 0 Å². The summed E-state index contributed by atoms with van der Waals surface area (Å²) in [5.74, 6) is 2.08. The van der Waals surface area contributed by atoms with Crippen LogP contribution in [0.15, 0.2) is 34.7 Å². The lowest BCUT2D eigenvalue weighted by molar-refractivity contribution is -0.121. The van der Waals surface area contributed by atoms with Gasteiger partial charge in [0.2, 0.25) is 11.8 Å². The zero-order valence-electron chi connectivity index (χ0n) is 13.6. The average Bonchev–Trinajstić information content (AvgIpc) is 2.87. The van der Waals surface area contributed by atoms with Gasteiger partial charge in [-0.25, -0.2) is 4.98 Å². The van der Waals surface area contributed by atoms with Crippen molar-refractivity contribution in [2.75, 3.05) is 6.54 Å². The first-order chi connectivity index (χ1) is 10.6. The van der Waals surface area contributed by atoms with Gasteiger partial charge in [-0.05, 0) is 31.4 Å². The van der Waals surface area contributed by atoms with Crippen molar-refractivity contribution in [1.29, 1.82) is 0 Å². The molecule has 0 saturated carbocycles. The summed E-state index contributed by atoms with van der Waals surface area (Å²) in [6.45, 7) is 6.93. The average molecular weight is 300 g/mol. The molecule has 1 aromatic heterocycles. The van der Waals surface area contributed by atoms with E-state index in [-0.39, 0.29) is 5.91 Å². The van der Waals surface area contributed by atoms with Gasteiger partial charge in [0.15, 0.2) is 0 Å². The molecule has 4 heteroatoms. The molecule has 0 atom stereocenters. The molecule has 1 amide bonds. The zero-order valence-corrected chi connectivity index (χ0v) is 13.6. The molecule has 0 aliphatic heterocycles. The van der Waals surface area contributed by atoms with Crippen molar-refractivity contribution in [3.8, 4) is 11.5 Å².